The second-order valence-electron chi connectivity index (χ2n) is 3.25. The molecule has 0 aliphatic carbocycles. The van der Waals surface area contributed by atoms with Gasteiger partial charge in [0.2, 0.25) is 5.91 Å². The molecule has 0 radical (unpaired) electrons. The highest BCUT2D eigenvalue weighted by atomic mass is 16.5. The zero-order valence-electron chi connectivity index (χ0n) is 9.46. The average molecular weight is 218 g/mol. The fourth-order valence-corrected chi connectivity index (χ4v) is 0.975. The van der Waals surface area contributed by atoms with Crippen molar-refractivity contribution in [3.8, 4) is 0 Å². The number of carbonyl (C=O) groups is 1. The number of hydrogen-bond donors (Lipinski definition) is 2. The zero-order valence-corrected chi connectivity index (χ0v) is 9.46. The maximum Gasteiger partial charge on any atom is 0.233 e. The minimum atomic E-state index is -0.155. The largest absolute Gasteiger partial charge is 0.379 e. The van der Waals surface area contributed by atoms with Crippen LogP contribution in [0.15, 0.2) is 0 Å². The second-order valence-corrected chi connectivity index (χ2v) is 3.25. The molecule has 0 atom stereocenters. The van der Waals surface area contributed by atoms with E-state index in [0.29, 0.717) is 32.7 Å². The number of hydrazine groups is 1. The van der Waals surface area contributed by atoms with Gasteiger partial charge in [-0.05, 0) is 12.8 Å². The summed E-state index contributed by atoms with van der Waals surface area (Å²) in [6, 6.07) is 0. The monoisotopic (exact) mass is 218 g/mol. The van der Waals surface area contributed by atoms with Crippen molar-refractivity contribution >= 4 is 5.91 Å². The summed E-state index contributed by atoms with van der Waals surface area (Å²) in [7, 11) is 0. The van der Waals surface area contributed by atoms with Gasteiger partial charge < -0.3 is 9.47 Å². The van der Waals surface area contributed by atoms with Gasteiger partial charge in [0.1, 0.15) is 0 Å². The minimum Gasteiger partial charge on any atom is -0.379 e. The molecule has 90 valence electrons. The van der Waals surface area contributed by atoms with E-state index in [1.54, 1.807) is 0 Å². The van der Waals surface area contributed by atoms with Gasteiger partial charge in [-0.25, -0.2) is 5.84 Å². The number of carbonyl (C=O) groups excluding carboxylic acids is 1. The van der Waals surface area contributed by atoms with Crippen molar-refractivity contribution < 1.29 is 14.3 Å². The number of amides is 1. The Morgan fingerprint density at radius 1 is 1.13 bits per heavy atom. The maximum atomic E-state index is 10.7. The standard InChI is InChI=1S/C10H22N2O3/c1-2-3-6-14-8-9-15-7-4-5-10(13)12-11/h2-9,11H2,1H3,(H,12,13). The molecular weight excluding hydrogens is 196 g/mol. The summed E-state index contributed by atoms with van der Waals surface area (Å²) in [4.78, 5) is 10.7. The van der Waals surface area contributed by atoms with Crippen LogP contribution in [-0.4, -0.2) is 32.3 Å². The highest BCUT2D eigenvalue weighted by molar-refractivity contribution is 5.75. The number of nitrogens with two attached hydrogens (primary N) is 1. The number of unbranched alkanes of at least 4 members (excludes halogenated alkanes) is 1. The minimum absolute atomic E-state index is 0.155. The van der Waals surface area contributed by atoms with Gasteiger partial charge in [0.25, 0.3) is 0 Å². The summed E-state index contributed by atoms with van der Waals surface area (Å²) in [6.07, 6.45) is 3.34. The highest BCUT2D eigenvalue weighted by Crippen LogP contribution is 1.91. The van der Waals surface area contributed by atoms with E-state index >= 15 is 0 Å². The molecule has 0 heterocycles. The highest BCUT2D eigenvalue weighted by Gasteiger charge is 1.97. The van der Waals surface area contributed by atoms with Crippen LogP contribution in [0.2, 0.25) is 0 Å². The van der Waals surface area contributed by atoms with E-state index in [9.17, 15) is 4.79 Å². The molecule has 0 fully saturated rings. The molecule has 5 heteroatoms. The molecule has 0 aromatic rings. The molecule has 3 N–H and O–H groups in total. The Bertz CT molecular complexity index is 154. The molecule has 0 rings (SSSR count). The molecule has 1 amide bonds. The first-order chi connectivity index (χ1) is 7.31. The third-order valence-electron chi connectivity index (χ3n) is 1.87. The first-order valence-corrected chi connectivity index (χ1v) is 5.46. The molecular formula is C10H22N2O3. The summed E-state index contributed by atoms with van der Waals surface area (Å²) in [5.41, 5.74) is 2.07. The number of nitrogens with one attached hydrogen (secondary N) is 1. The van der Waals surface area contributed by atoms with Gasteiger partial charge in [-0.1, -0.05) is 13.3 Å². The van der Waals surface area contributed by atoms with Crippen LogP contribution >= 0.6 is 0 Å². The van der Waals surface area contributed by atoms with Gasteiger partial charge in [-0.3, -0.25) is 10.2 Å². The molecule has 0 aromatic carbocycles. The Morgan fingerprint density at radius 2 is 1.73 bits per heavy atom. The lowest BCUT2D eigenvalue weighted by Crippen LogP contribution is -2.29. The van der Waals surface area contributed by atoms with E-state index in [0.717, 1.165) is 19.4 Å². The van der Waals surface area contributed by atoms with Crippen molar-refractivity contribution in [3.63, 3.8) is 0 Å². The average Bonchev–Trinajstić information content (AvgIpc) is 2.26. The van der Waals surface area contributed by atoms with Gasteiger partial charge in [-0.15, -0.1) is 0 Å². The smallest absolute Gasteiger partial charge is 0.233 e. The van der Waals surface area contributed by atoms with E-state index in [1.165, 1.54) is 0 Å². The van der Waals surface area contributed by atoms with Gasteiger partial charge in [0, 0.05) is 19.6 Å². The lowest BCUT2D eigenvalue weighted by atomic mass is 10.3. The van der Waals surface area contributed by atoms with Crippen LogP contribution in [0.1, 0.15) is 32.6 Å². The van der Waals surface area contributed by atoms with Crippen LogP contribution in [0, 0.1) is 0 Å². The molecule has 0 bridgehead atoms. The fourth-order valence-electron chi connectivity index (χ4n) is 0.975. The SMILES string of the molecule is CCCCOCCOCCCC(=O)NN. The second kappa shape index (κ2) is 11.4. The third kappa shape index (κ3) is 11.3. The molecule has 0 aliphatic heterocycles. The molecule has 0 aromatic heterocycles. The number of hydrogen-bond acceptors (Lipinski definition) is 4. The van der Waals surface area contributed by atoms with Crippen molar-refractivity contribution in [2.45, 2.75) is 32.6 Å². The first-order valence-electron chi connectivity index (χ1n) is 5.46. The van der Waals surface area contributed by atoms with Crippen LogP contribution in [0.3, 0.4) is 0 Å². The Hall–Kier alpha value is -0.650. The summed E-state index contributed by atoms with van der Waals surface area (Å²) in [5, 5.41) is 0. The summed E-state index contributed by atoms with van der Waals surface area (Å²) in [6.45, 7) is 4.72. The van der Waals surface area contributed by atoms with Gasteiger partial charge >= 0.3 is 0 Å². The Balaban J connectivity index is 2.95. The molecule has 0 aliphatic rings. The molecule has 0 unspecified atom stereocenters. The van der Waals surface area contributed by atoms with E-state index < -0.39 is 0 Å². The lowest BCUT2D eigenvalue weighted by Gasteiger charge is -2.04. The maximum absolute atomic E-state index is 10.7. The van der Waals surface area contributed by atoms with E-state index in [-0.39, 0.29) is 5.91 Å². The van der Waals surface area contributed by atoms with Crippen LogP contribution in [0.25, 0.3) is 0 Å². The summed E-state index contributed by atoms with van der Waals surface area (Å²) < 4.78 is 10.6. The quantitative estimate of drug-likeness (QED) is 0.243. The van der Waals surface area contributed by atoms with Crippen LogP contribution < -0.4 is 11.3 Å². The molecule has 0 saturated carbocycles. The summed E-state index contributed by atoms with van der Waals surface area (Å²) >= 11 is 0. The van der Waals surface area contributed by atoms with E-state index in [1.807, 2.05) is 0 Å². The molecule has 5 nitrogen and oxygen atoms in total. The van der Waals surface area contributed by atoms with Crippen molar-refractivity contribution in [2.24, 2.45) is 5.84 Å². The van der Waals surface area contributed by atoms with Gasteiger partial charge in [-0.2, -0.15) is 0 Å². The summed E-state index contributed by atoms with van der Waals surface area (Å²) in [5.74, 6) is 4.77. The number of ether oxygens (including phenoxy) is 2. The van der Waals surface area contributed by atoms with Gasteiger partial charge in [0.15, 0.2) is 0 Å². The fraction of sp³-hybridized carbons (Fsp3) is 0.900. The van der Waals surface area contributed by atoms with Crippen molar-refractivity contribution in [1.82, 2.24) is 5.43 Å². The predicted octanol–water partition coefficient (Wildman–Crippen LogP) is 0.590. The van der Waals surface area contributed by atoms with E-state index in [4.69, 9.17) is 15.3 Å². The third-order valence-corrected chi connectivity index (χ3v) is 1.87. The van der Waals surface area contributed by atoms with Crippen LogP contribution in [0.4, 0.5) is 0 Å². The van der Waals surface area contributed by atoms with Crippen molar-refractivity contribution in [3.05, 3.63) is 0 Å². The normalized spacial score (nSPS) is 10.3. The van der Waals surface area contributed by atoms with Crippen molar-refractivity contribution in [2.75, 3.05) is 26.4 Å². The lowest BCUT2D eigenvalue weighted by molar-refractivity contribution is -0.121. The Kier molecular flexibility index (Phi) is 10.9. The Morgan fingerprint density at radius 3 is 2.27 bits per heavy atom. The zero-order chi connectivity index (χ0) is 11.4. The molecule has 0 spiro atoms. The number of rotatable bonds is 10. The van der Waals surface area contributed by atoms with Crippen LogP contribution in [-0.2, 0) is 14.3 Å². The van der Waals surface area contributed by atoms with Crippen molar-refractivity contribution in [1.29, 1.82) is 0 Å². The van der Waals surface area contributed by atoms with E-state index in [2.05, 4.69) is 12.3 Å². The first kappa shape index (κ1) is 14.3. The molecule has 15 heavy (non-hydrogen) atoms. The van der Waals surface area contributed by atoms with Gasteiger partial charge in [0.05, 0.1) is 13.2 Å². The predicted molar refractivity (Wildman–Crippen MR) is 58.1 cm³/mol. The molecule has 0 saturated heterocycles. The Labute approximate surface area is 91.3 Å². The topological polar surface area (TPSA) is 73.6 Å². The van der Waals surface area contributed by atoms with Crippen LogP contribution in [0.5, 0.6) is 0 Å².